The first-order valence-electron chi connectivity index (χ1n) is 6.95. The highest BCUT2D eigenvalue weighted by molar-refractivity contribution is 6.30. The van der Waals surface area contributed by atoms with Crippen LogP contribution < -0.4 is 10.6 Å². The van der Waals surface area contributed by atoms with E-state index in [-0.39, 0.29) is 17.8 Å². The number of nitro benzene ring substituents is 1. The standard InChI is InChI=1S/C16H14ClN3O4/c1-10-2-3-11(8-14(10)20(23)24)16(22)18-9-15(21)19-13-6-4-12(17)5-7-13/h2-8H,9H2,1H3,(H,18,22)(H,19,21). The first-order chi connectivity index (χ1) is 11.4. The minimum absolute atomic E-state index is 0.117. The smallest absolute Gasteiger partial charge is 0.273 e. The molecule has 2 aromatic carbocycles. The van der Waals surface area contributed by atoms with Gasteiger partial charge in [0.2, 0.25) is 5.91 Å². The van der Waals surface area contributed by atoms with Crippen LogP contribution in [0.25, 0.3) is 0 Å². The van der Waals surface area contributed by atoms with Crippen LogP contribution in [0.3, 0.4) is 0 Å². The van der Waals surface area contributed by atoms with E-state index in [0.29, 0.717) is 16.3 Å². The van der Waals surface area contributed by atoms with Gasteiger partial charge in [-0.3, -0.25) is 19.7 Å². The van der Waals surface area contributed by atoms with E-state index in [2.05, 4.69) is 10.6 Å². The van der Waals surface area contributed by atoms with Crippen LogP contribution in [0.15, 0.2) is 42.5 Å². The number of halogens is 1. The van der Waals surface area contributed by atoms with E-state index in [1.165, 1.54) is 18.2 Å². The number of hydrogen-bond acceptors (Lipinski definition) is 4. The summed E-state index contributed by atoms with van der Waals surface area (Å²) in [5, 5.41) is 16.4. The van der Waals surface area contributed by atoms with E-state index in [1.807, 2.05) is 0 Å². The number of nitrogens with one attached hydrogen (secondary N) is 2. The molecule has 24 heavy (non-hydrogen) atoms. The number of benzene rings is 2. The van der Waals surface area contributed by atoms with Gasteiger partial charge in [-0.1, -0.05) is 17.7 Å². The maximum atomic E-state index is 12.0. The predicted molar refractivity (Wildman–Crippen MR) is 90.2 cm³/mol. The monoisotopic (exact) mass is 347 g/mol. The van der Waals surface area contributed by atoms with Crippen LogP contribution in [-0.4, -0.2) is 23.3 Å². The number of amides is 2. The highest BCUT2D eigenvalue weighted by Gasteiger charge is 2.15. The normalized spacial score (nSPS) is 10.1. The second-order valence-corrected chi connectivity index (χ2v) is 5.43. The van der Waals surface area contributed by atoms with Crippen molar-refractivity contribution in [2.45, 2.75) is 6.92 Å². The van der Waals surface area contributed by atoms with Crippen LogP contribution in [0.5, 0.6) is 0 Å². The van der Waals surface area contributed by atoms with Crippen LogP contribution >= 0.6 is 11.6 Å². The zero-order valence-electron chi connectivity index (χ0n) is 12.7. The average Bonchev–Trinajstić information content (AvgIpc) is 2.55. The van der Waals surface area contributed by atoms with Crippen LogP contribution in [0.4, 0.5) is 11.4 Å². The van der Waals surface area contributed by atoms with Crippen LogP contribution in [-0.2, 0) is 4.79 Å². The molecule has 0 saturated carbocycles. The Labute approximate surface area is 142 Å². The molecule has 0 radical (unpaired) electrons. The molecule has 0 aromatic heterocycles. The Hall–Kier alpha value is -2.93. The summed E-state index contributed by atoms with van der Waals surface area (Å²) in [6.07, 6.45) is 0. The van der Waals surface area contributed by atoms with Crippen LogP contribution in [0.1, 0.15) is 15.9 Å². The largest absolute Gasteiger partial charge is 0.343 e. The third-order valence-electron chi connectivity index (χ3n) is 3.21. The third kappa shape index (κ3) is 4.53. The summed E-state index contributed by atoms with van der Waals surface area (Å²) >= 11 is 5.75. The predicted octanol–water partition coefficient (Wildman–Crippen LogP) is 2.93. The molecule has 0 aliphatic carbocycles. The molecule has 2 rings (SSSR count). The van der Waals surface area contributed by atoms with Crippen molar-refractivity contribution in [1.82, 2.24) is 5.32 Å². The Balaban J connectivity index is 1.95. The van der Waals surface area contributed by atoms with Crippen molar-refractivity contribution in [3.63, 3.8) is 0 Å². The van der Waals surface area contributed by atoms with E-state index in [4.69, 9.17) is 11.6 Å². The topological polar surface area (TPSA) is 101 Å². The minimum atomic E-state index is -0.565. The second-order valence-electron chi connectivity index (χ2n) is 5.00. The molecular weight excluding hydrogens is 334 g/mol. The lowest BCUT2D eigenvalue weighted by molar-refractivity contribution is -0.385. The van der Waals surface area contributed by atoms with Gasteiger partial charge in [-0.05, 0) is 37.3 Å². The summed E-state index contributed by atoms with van der Waals surface area (Å²) in [7, 11) is 0. The molecule has 2 N–H and O–H groups in total. The van der Waals surface area contributed by atoms with Crippen molar-refractivity contribution < 1.29 is 14.5 Å². The summed E-state index contributed by atoms with van der Waals surface area (Å²) in [6, 6.07) is 10.6. The number of rotatable bonds is 5. The molecule has 0 bridgehead atoms. The number of aryl methyl sites for hydroxylation is 1. The first kappa shape index (κ1) is 17.4. The van der Waals surface area contributed by atoms with E-state index in [0.717, 1.165) is 0 Å². The van der Waals surface area contributed by atoms with Crippen molar-refractivity contribution in [3.05, 3.63) is 68.7 Å². The Morgan fingerprint density at radius 1 is 1.17 bits per heavy atom. The Kier molecular flexibility index (Phi) is 5.49. The molecule has 0 aliphatic rings. The Morgan fingerprint density at radius 2 is 1.83 bits per heavy atom. The number of carbonyl (C=O) groups excluding carboxylic acids is 2. The van der Waals surface area contributed by atoms with Crippen molar-refractivity contribution in [3.8, 4) is 0 Å². The molecule has 0 aliphatic heterocycles. The van der Waals surface area contributed by atoms with Gasteiger partial charge >= 0.3 is 0 Å². The lowest BCUT2D eigenvalue weighted by Crippen LogP contribution is -2.32. The molecule has 0 atom stereocenters. The number of nitro groups is 1. The molecule has 7 nitrogen and oxygen atoms in total. The van der Waals surface area contributed by atoms with Gasteiger partial charge in [-0.15, -0.1) is 0 Å². The van der Waals surface area contributed by atoms with Crippen molar-refractivity contribution in [2.75, 3.05) is 11.9 Å². The summed E-state index contributed by atoms with van der Waals surface area (Å²) in [5.74, 6) is -0.989. The molecule has 0 unspecified atom stereocenters. The van der Waals surface area contributed by atoms with Crippen LogP contribution in [0.2, 0.25) is 5.02 Å². The molecule has 0 fully saturated rings. The molecule has 0 heterocycles. The van der Waals surface area contributed by atoms with Gasteiger partial charge < -0.3 is 10.6 Å². The fourth-order valence-corrected chi connectivity index (χ4v) is 2.07. The van der Waals surface area contributed by atoms with Gasteiger partial charge in [0.25, 0.3) is 11.6 Å². The summed E-state index contributed by atoms with van der Waals surface area (Å²) < 4.78 is 0. The molecule has 2 aromatic rings. The lowest BCUT2D eigenvalue weighted by atomic mass is 10.1. The van der Waals surface area contributed by atoms with Gasteiger partial charge in [-0.2, -0.15) is 0 Å². The van der Waals surface area contributed by atoms with Crippen molar-refractivity contribution in [1.29, 1.82) is 0 Å². The van der Waals surface area contributed by atoms with E-state index >= 15 is 0 Å². The van der Waals surface area contributed by atoms with Crippen molar-refractivity contribution in [2.24, 2.45) is 0 Å². The highest BCUT2D eigenvalue weighted by Crippen LogP contribution is 2.19. The number of hydrogen-bond donors (Lipinski definition) is 2. The zero-order chi connectivity index (χ0) is 17.7. The lowest BCUT2D eigenvalue weighted by Gasteiger charge is -2.07. The summed E-state index contributed by atoms with van der Waals surface area (Å²) in [5.41, 5.74) is 0.974. The number of anilines is 1. The van der Waals surface area contributed by atoms with E-state index < -0.39 is 16.7 Å². The average molecular weight is 348 g/mol. The van der Waals surface area contributed by atoms with Gasteiger partial charge in [0, 0.05) is 27.9 Å². The summed E-state index contributed by atoms with van der Waals surface area (Å²) in [4.78, 5) is 34.1. The Morgan fingerprint density at radius 3 is 2.46 bits per heavy atom. The first-order valence-corrected chi connectivity index (χ1v) is 7.33. The molecule has 0 saturated heterocycles. The molecule has 124 valence electrons. The molecule has 2 amide bonds. The van der Waals surface area contributed by atoms with E-state index in [1.54, 1.807) is 31.2 Å². The second kappa shape index (κ2) is 7.56. The quantitative estimate of drug-likeness (QED) is 0.641. The van der Waals surface area contributed by atoms with Crippen LogP contribution in [0, 0.1) is 17.0 Å². The fourth-order valence-electron chi connectivity index (χ4n) is 1.95. The van der Waals surface area contributed by atoms with Gasteiger partial charge in [-0.25, -0.2) is 0 Å². The van der Waals surface area contributed by atoms with Gasteiger partial charge in [0.15, 0.2) is 0 Å². The van der Waals surface area contributed by atoms with Gasteiger partial charge in [0.05, 0.1) is 11.5 Å². The SMILES string of the molecule is Cc1ccc(C(=O)NCC(=O)Nc2ccc(Cl)cc2)cc1[N+](=O)[O-]. The maximum Gasteiger partial charge on any atom is 0.273 e. The van der Waals surface area contributed by atoms with Gasteiger partial charge in [0.1, 0.15) is 0 Å². The highest BCUT2D eigenvalue weighted by atomic mass is 35.5. The summed E-state index contributed by atoms with van der Waals surface area (Å²) in [6.45, 7) is 1.32. The Bertz CT molecular complexity index is 790. The molecule has 0 spiro atoms. The minimum Gasteiger partial charge on any atom is -0.343 e. The maximum absolute atomic E-state index is 12.0. The zero-order valence-corrected chi connectivity index (χ0v) is 13.5. The van der Waals surface area contributed by atoms with E-state index in [9.17, 15) is 19.7 Å². The third-order valence-corrected chi connectivity index (χ3v) is 3.46. The number of nitrogens with zero attached hydrogens (tertiary/aromatic N) is 1. The number of carbonyl (C=O) groups is 2. The molecular formula is C16H14ClN3O4. The molecule has 8 heteroatoms. The van der Waals surface area contributed by atoms with Crippen molar-refractivity contribution >= 4 is 34.8 Å². The fraction of sp³-hybridized carbons (Fsp3) is 0.125.